The smallest absolute Gasteiger partial charge is 0.226 e. The van der Waals surface area contributed by atoms with Crippen molar-refractivity contribution in [2.45, 2.75) is 6.42 Å². The van der Waals surface area contributed by atoms with Crippen molar-refractivity contribution in [1.82, 2.24) is 10.3 Å². The van der Waals surface area contributed by atoms with Gasteiger partial charge in [-0.05, 0) is 12.1 Å². The van der Waals surface area contributed by atoms with E-state index in [1.807, 2.05) is 0 Å². The van der Waals surface area contributed by atoms with E-state index in [2.05, 4.69) is 10.3 Å². The Bertz CT molecular complexity index is 299. The summed E-state index contributed by atoms with van der Waals surface area (Å²) in [5.74, 6) is -0.0785. The summed E-state index contributed by atoms with van der Waals surface area (Å²) in [4.78, 5) is 15.2. The minimum absolute atomic E-state index is 0.0785. The molecule has 0 radical (unpaired) electrons. The zero-order chi connectivity index (χ0) is 10.4. The van der Waals surface area contributed by atoms with Crippen LogP contribution in [0.5, 0.6) is 0 Å². The fourth-order valence-corrected chi connectivity index (χ4v) is 1.06. The number of rotatable bonds is 4. The molecule has 0 atom stereocenters. The summed E-state index contributed by atoms with van der Waals surface area (Å²) in [7, 11) is 0. The Hall–Kier alpha value is -1.13. The number of carbonyl (C=O) groups is 1. The molecule has 76 valence electrons. The first-order chi connectivity index (χ1) is 6.72. The van der Waals surface area contributed by atoms with Crippen LogP contribution in [0.25, 0.3) is 0 Å². The van der Waals surface area contributed by atoms with Crippen LogP contribution in [0.3, 0.4) is 0 Å². The van der Waals surface area contributed by atoms with E-state index in [0.29, 0.717) is 23.8 Å². The van der Waals surface area contributed by atoms with Gasteiger partial charge in [-0.3, -0.25) is 9.78 Å². The lowest BCUT2D eigenvalue weighted by Crippen LogP contribution is -2.30. The molecule has 3 N–H and O–H groups in total. The standard InChI is InChI=1S/C9H12ClN3O/c10-7-1-2-8(13-6-7)5-9(14)12-4-3-11/h1-2,6H,3-5,11H2,(H,12,14). The molecule has 0 aliphatic rings. The molecule has 1 aromatic rings. The second-order valence-corrected chi connectivity index (χ2v) is 3.22. The van der Waals surface area contributed by atoms with Gasteiger partial charge in [0.15, 0.2) is 0 Å². The molecule has 1 amide bonds. The van der Waals surface area contributed by atoms with Crippen molar-refractivity contribution in [1.29, 1.82) is 0 Å². The van der Waals surface area contributed by atoms with Crippen LogP contribution in [-0.4, -0.2) is 24.0 Å². The zero-order valence-corrected chi connectivity index (χ0v) is 8.42. The number of carbonyl (C=O) groups excluding carboxylic acids is 1. The average molecular weight is 214 g/mol. The summed E-state index contributed by atoms with van der Waals surface area (Å²) in [6.45, 7) is 0.937. The second kappa shape index (κ2) is 5.57. The van der Waals surface area contributed by atoms with E-state index in [1.54, 1.807) is 12.1 Å². The molecule has 0 saturated carbocycles. The number of nitrogens with two attached hydrogens (primary N) is 1. The van der Waals surface area contributed by atoms with Crippen LogP contribution < -0.4 is 11.1 Å². The van der Waals surface area contributed by atoms with Gasteiger partial charge in [-0.1, -0.05) is 11.6 Å². The first-order valence-corrected chi connectivity index (χ1v) is 4.67. The topological polar surface area (TPSA) is 68.0 Å². The third kappa shape index (κ3) is 3.72. The molecule has 4 nitrogen and oxygen atoms in total. The van der Waals surface area contributed by atoms with Gasteiger partial charge in [-0.25, -0.2) is 0 Å². The van der Waals surface area contributed by atoms with Crippen LogP contribution in [0.1, 0.15) is 5.69 Å². The van der Waals surface area contributed by atoms with Crippen molar-refractivity contribution in [3.05, 3.63) is 29.0 Å². The lowest BCUT2D eigenvalue weighted by Gasteiger charge is -2.02. The Morgan fingerprint density at radius 2 is 2.36 bits per heavy atom. The van der Waals surface area contributed by atoms with Gasteiger partial charge >= 0.3 is 0 Å². The number of nitrogens with zero attached hydrogens (tertiary/aromatic N) is 1. The van der Waals surface area contributed by atoms with Gasteiger partial charge in [0.2, 0.25) is 5.91 Å². The summed E-state index contributed by atoms with van der Waals surface area (Å²) < 4.78 is 0. The molecule has 1 rings (SSSR count). The first-order valence-electron chi connectivity index (χ1n) is 4.29. The van der Waals surface area contributed by atoms with E-state index in [1.165, 1.54) is 6.20 Å². The predicted octanol–water partition coefficient (Wildman–Crippen LogP) is 0.352. The molecule has 0 aliphatic carbocycles. The summed E-state index contributed by atoms with van der Waals surface area (Å²) in [5.41, 5.74) is 5.94. The highest BCUT2D eigenvalue weighted by Gasteiger charge is 2.02. The molecule has 0 aromatic carbocycles. The molecule has 0 aliphatic heterocycles. The van der Waals surface area contributed by atoms with Gasteiger partial charge in [-0.2, -0.15) is 0 Å². The van der Waals surface area contributed by atoms with Crippen LogP contribution in [0.4, 0.5) is 0 Å². The largest absolute Gasteiger partial charge is 0.354 e. The molecular formula is C9H12ClN3O. The first kappa shape index (κ1) is 10.9. The Balaban J connectivity index is 2.44. The number of hydrogen-bond donors (Lipinski definition) is 2. The molecule has 0 bridgehead atoms. The quantitative estimate of drug-likeness (QED) is 0.759. The third-order valence-electron chi connectivity index (χ3n) is 1.60. The second-order valence-electron chi connectivity index (χ2n) is 2.78. The molecule has 1 aromatic heterocycles. The van der Waals surface area contributed by atoms with Gasteiger partial charge in [0.1, 0.15) is 0 Å². The minimum Gasteiger partial charge on any atom is -0.354 e. The molecule has 0 saturated heterocycles. The Labute approximate surface area is 87.5 Å². The van der Waals surface area contributed by atoms with Gasteiger partial charge in [0.05, 0.1) is 11.4 Å². The van der Waals surface area contributed by atoms with E-state index >= 15 is 0 Å². The van der Waals surface area contributed by atoms with Crippen molar-refractivity contribution in [2.75, 3.05) is 13.1 Å². The van der Waals surface area contributed by atoms with Crippen LogP contribution in [0.2, 0.25) is 5.02 Å². The number of halogens is 1. The highest BCUT2D eigenvalue weighted by molar-refractivity contribution is 6.30. The molecule has 14 heavy (non-hydrogen) atoms. The van der Waals surface area contributed by atoms with Crippen molar-refractivity contribution >= 4 is 17.5 Å². The summed E-state index contributed by atoms with van der Waals surface area (Å²) >= 11 is 5.65. The van der Waals surface area contributed by atoms with Crippen LogP contribution in [0, 0.1) is 0 Å². The number of hydrogen-bond acceptors (Lipinski definition) is 3. The Kier molecular flexibility index (Phi) is 4.35. The fraction of sp³-hybridized carbons (Fsp3) is 0.333. The monoisotopic (exact) mass is 213 g/mol. The predicted molar refractivity (Wildman–Crippen MR) is 55.0 cm³/mol. The maximum atomic E-state index is 11.2. The van der Waals surface area contributed by atoms with Crippen molar-refractivity contribution in [2.24, 2.45) is 5.73 Å². The minimum atomic E-state index is -0.0785. The highest BCUT2D eigenvalue weighted by Crippen LogP contribution is 2.06. The molecule has 0 unspecified atom stereocenters. The van der Waals surface area contributed by atoms with E-state index in [4.69, 9.17) is 17.3 Å². The fourth-order valence-electron chi connectivity index (χ4n) is 0.950. The Morgan fingerprint density at radius 1 is 1.57 bits per heavy atom. The van der Waals surface area contributed by atoms with Gasteiger partial charge < -0.3 is 11.1 Å². The lowest BCUT2D eigenvalue weighted by atomic mass is 10.2. The number of aromatic nitrogens is 1. The van der Waals surface area contributed by atoms with Crippen LogP contribution in [0.15, 0.2) is 18.3 Å². The van der Waals surface area contributed by atoms with Gasteiger partial charge in [-0.15, -0.1) is 0 Å². The molecular weight excluding hydrogens is 202 g/mol. The van der Waals surface area contributed by atoms with Crippen molar-refractivity contribution < 1.29 is 4.79 Å². The van der Waals surface area contributed by atoms with Gasteiger partial charge in [0.25, 0.3) is 0 Å². The molecule has 1 heterocycles. The summed E-state index contributed by atoms with van der Waals surface area (Å²) in [5, 5.41) is 3.22. The third-order valence-corrected chi connectivity index (χ3v) is 1.82. The normalized spacial score (nSPS) is 9.86. The lowest BCUT2D eigenvalue weighted by molar-refractivity contribution is -0.120. The number of nitrogens with one attached hydrogen (secondary N) is 1. The van der Waals surface area contributed by atoms with E-state index in [0.717, 1.165) is 0 Å². The summed E-state index contributed by atoms with van der Waals surface area (Å²) in [6.07, 6.45) is 1.78. The SMILES string of the molecule is NCCNC(=O)Cc1ccc(Cl)cn1. The van der Waals surface area contributed by atoms with Gasteiger partial charge in [0, 0.05) is 25.0 Å². The number of amides is 1. The maximum Gasteiger partial charge on any atom is 0.226 e. The molecule has 0 spiro atoms. The van der Waals surface area contributed by atoms with Crippen LogP contribution >= 0.6 is 11.6 Å². The maximum absolute atomic E-state index is 11.2. The summed E-state index contributed by atoms with van der Waals surface area (Å²) in [6, 6.07) is 3.43. The van der Waals surface area contributed by atoms with E-state index < -0.39 is 0 Å². The zero-order valence-electron chi connectivity index (χ0n) is 7.66. The molecule has 0 fully saturated rings. The van der Waals surface area contributed by atoms with Crippen molar-refractivity contribution in [3.63, 3.8) is 0 Å². The van der Waals surface area contributed by atoms with E-state index in [-0.39, 0.29) is 12.3 Å². The molecule has 5 heteroatoms. The van der Waals surface area contributed by atoms with E-state index in [9.17, 15) is 4.79 Å². The average Bonchev–Trinajstić information content (AvgIpc) is 2.18. The number of pyridine rings is 1. The highest BCUT2D eigenvalue weighted by atomic mass is 35.5. The van der Waals surface area contributed by atoms with Crippen LogP contribution in [-0.2, 0) is 11.2 Å². The van der Waals surface area contributed by atoms with Crippen molar-refractivity contribution in [3.8, 4) is 0 Å². The Morgan fingerprint density at radius 3 is 2.93 bits per heavy atom.